The molecule has 74 valence electrons. The Kier molecular flexibility index (Phi) is 2.26. The van der Waals surface area contributed by atoms with Gasteiger partial charge in [-0.05, 0) is 6.92 Å². The van der Waals surface area contributed by atoms with Gasteiger partial charge in [0.25, 0.3) is 0 Å². The van der Waals surface area contributed by atoms with Gasteiger partial charge in [0.2, 0.25) is 0 Å². The number of nitrogens with zero attached hydrogens (tertiary/aromatic N) is 3. The molecule has 1 heterocycles. The average Bonchev–Trinajstić information content (AvgIpc) is 2.56. The fourth-order valence-corrected chi connectivity index (χ4v) is 1.54. The maximum atomic E-state index is 9.07. The summed E-state index contributed by atoms with van der Waals surface area (Å²) in [7, 11) is 1.85. The highest BCUT2D eigenvalue weighted by Gasteiger charge is 2.13. The van der Waals surface area contributed by atoms with Gasteiger partial charge in [-0.3, -0.25) is 4.68 Å². The molecule has 0 atom stereocenters. The summed E-state index contributed by atoms with van der Waals surface area (Å²) in [5.74, 6) is 0. The second-order valence-electron chi connectivity index (χ2n) is 3.41. The molecule has 0 saturated heterocycles. The van der Waals surface area contributed by atoms with Crippen LogP contribution in [0.5, 0.6) is 0 Å². The van der Waals surface area contributed by atoms with Crippen molar-refractivity contribution in [2.24, 2.45) is 7.05 Å². The minimum Gasteiger partial charge on any atom is -0.271 e. The lowest BCUT2D eigenvalue weighted by atomic mass is 10.1. The largest absolute Gasteiger partial charge is 0.271 e. The Hall–Kier alpha value is -2.08. The molecular weight excluding hydrogens is 186 g/mol. The third-order valence-corrected chi connectivity index (χ3v) is 2.49. The molecule has 0 radical (unpaired) electrons. The molecule has 0 unspecified atom stereocenters. The standard InChI is InChI=1S/C12H11N3/c1-9-11(8-13)12(14-15(9)2)10-6-4-3-5-7-10/h3-7H,1-2H3. The number of benzene rings is 1. The summed E-state index contributed by atoms with van der Waals surface area (Å²) < 4.78 is 1.74. The van der Waals surface area contributed by atoms with Crippen molar-refractivity contribution in [3.05, 3.63) is 41.6 Å². The third-order valence-electron chi connectivity index (χ3n) is 2.49. The lowest BCUT2D eigenvalue weighted by Gasteiger charge is -1.95. The van der Waals surface area contributed by atoms with E-state index in [1.54, 1.807) is 4.68 Å². The van der Waals surface area contributed by atoms with Crippen molar-refractivity contribution in [2.45, 2.75) is 6.92 Å². The molecule has 2 rings (SSSR count). The maximum Gasteiger partial charge on any atom is 0.110 e. The number of rotatable bonds is 1. The van der Waals surface area contributed by atoms with Crippen LogP contribution in [-0.4, -0.2) is 9.78 Å². The number of nitriles is 1. The van der Waals surface area contributed by atoms with Crippen LogP contribution in [0.4, 0.5) is 0 Å². The van der Waals surface area contributed by atoms with Crippen LogP contribution in [0.2, 0.25) is 0 Å². The second kappa shape index (κ2) is 3.58. The fourth-order valence-electron chi connectivity index (χ4n) is 1.54. The first-order valence-electron chi connectivity index (χ1n) is 4.73. The zero-order valence-corrected chi connectivity index (χ0v) is 8.73. The second-order valence-corrected chi connectivity index (χ2v) is 3.41. The minimum atomic E-state index is 0.656. The number of aromatic nitrogens is 2. The summed E-state index contributed by atoms with van der Waals surface area (Å²) >= 11 is 0. The molecule has 3 heteroatoms. The van der Waals surface area contributed by atoms with Gasteiger partial charge in [-0.25, -0.2) is 0 Å². The fraction of sp³-hybridized carbons (Fsp3) is 0.167. The summed E-state index contributed by atoms with van der Waals surface area (Å²) in [6.45, 7) is 1.90. The molecule has 0 aliphatic carbocycles. The van der Waals surface area contributed by atoms with E-state index in [2.05, 4.69) is 11.2 Å². The van der Waals surface area contributed by atoms with Gasteiger partial charge < -0.3 is 0 Å². The topological polar surface area (TPSA) is 41.6 Å². The molecule has 2 aromatic rings. The molecule has 0 aliphatic rings. The van der Waals surface area contributed by atoms with E-state index < -0.39 is 0 Å². The molecule has 0 fully saturated rings. The molecule has 1 aromatic carbocycles. The monoisotopic (exact) mass is 197 g/mol. The number of hydrogen-bond acceptors (Lipinski definition) is 2. The summed E-state index contributed by atoms with van der Waals surface area (Å²) in [4.78, 5) is 0. The van der Waals surface area contributed by atoms with Crippen molar-refractivity contribution in [3.63, 3.8) is 0 Å². The summed E-state index contributed by atoms with van der Waals surface area (Å²) in [6, 6.07) is 12.0. The van der Waals surface area contributed by atoms with Crippen LogP contribution in [0.1, 0.15) is 11.3 Å². The molecular formula is C12H11N3. The van der Waals surface area contributed by atoms with Crippen LogP contribution < -0.4 is 0 Å². The van der Waals surface area contributed by atoms with Crippen LogP contribution in [0.25, 0.3) is 11.3 Å². The zero-order valence-electron chi connectivity index (χ0n) is 8.73. The molecule has 15 heavy (non-hydrogen) atoms. The quantitative estimate of drug-likeness (QED) is 0.703. The smallest absolute Gasteiger partial charge is 0.110 e. The van der Waals surface area contributed by atoms with Crippen LogP contribution in [0, 0.1) is 18.3 Å². The van der Waals surface area contributed by atoms with E-state index in [0.29, 0.717) is 5.56 Å². The highest BCUT2D eigenvalue weighted by Crippen LogP contribution is 2.23. The molecule has 0 amide bonds. The van der Waals surface area contributed by atoms with Gasteiger partial charge in [0.05, 0.1) is 5.69 Å². The Morgan fingerprint density at radius 2 is 1.93 bits per heavy atom. The van der Waals surface area contributed by atoms with Crippen LogP contribution in [0.15, 0.2) is 30.3 Å². The molecule has 0 spiro atoms. The number of aryl methyl sites for hydroxylation is 1. The molecule has 1 aromatic heterocycles. The van der Waals surface area contributed by atoms with Crippen molar-refractivity contribution in [1.29, 1.82) is 5.26 Å². The van der Waals surface area contributed by atoms with Gasteiger partial charge in [-0.1, -0.05) is 30.3 Å². The predicted octanol–water partition coefficient (Wildman–Crippen LogP) is 2.27. The predicted molar refractivity (Wildman–Crippen MR) is 58.1 cm³/mol. The maximum absolute atomic E-state index is 9.07. The van der Waals surface area contributed by atoms with E-state index in [1.165, 1.54) is 0 Å². The van der Waals surface area contributed by atoms with Crippen molar-refractivity contribution >= 4 is 0 Å². The van der Waals surface area contributed by atoms with E-state index >= 15 is 0 Å². The molecule has 0 N–H and O–H groups in total. The van der Waals surface area contributed by atoms with Gasteiger partial charge in [-0.15, -0.1) is 0 Å². The van der Waals surface area contributed by atoms with Gasteiger partial charge in [0.15, 0.2) is 0 Å². The Labute approximate surface area is 88.6 Å². The van der Waals surface area contributed by atoms with Crippen molar-refractivity contribution in [3.8, 4) is 17.3 Å². The summed E-state index contributed by atoms with van der Waals surface area (Å²) in [5, 5.41) is 13.4. The van der Waals surface area contributed by atoms with Crippen LogP contribution in [-0.2, 0) is 7.05 Å². The lowest BCUT2D eigenvalue weighted by Crippen LogP contribution is -1.92. The van der Waals surface area contributed by atoms with Crippen LogP contribution >= 0.6 is 0 Å². The lowest BCUT2D eigenvalue weighted by molar-refractivity contribution is 0.742. The highest BCUT2D eigenvalue weighted by atomic mass is 15.3. The first-order chi connectivity index (χ1) is 7.24. The summed E-state index contributed by atoms with van der Waals surface area (Å²) in [5.41, 5.74) is 3.30. The molecule has 0 aliphatic heterocycles. The van der Waals surface area contributed by atoms with E-state index in [-0.39, 0.29) is 0 Å². The van der Waals surface area contributed by atoms with E-state index in [1.807, 2.05) is 44.3 Å². The van der Waals surface area contributed by atoms with Gasteiger partial charge in [0.1, 0.15) is 17.3 Å². The average molecular weight is 197 g/mol. The van der Waals surface area contributed by atoms with Gasteiger partial charge >= 0.3 is 0 Å². The van der Waals surface area contributed by atoms with Crippen molar-refractivity contribution in [2.75, 3.05) is 0 Å². The van der Waals surface area contributed by atoms with Crippen LogP contribution in [0.3, 0.4) is 0 Å². The van der Waals surface area contributed by atoms with Gasteiger partial charge in [-0.2, -0.15) is 10.4 Å². The normalized spacial score (nSPS) is 9.93. The Balaban J connectivity index is 2.65. The van der Waals surface area contributed by atoms with E-state index in [4.69, 9.17) is 5.26 Å². The Morgan fingerprint density at radius 1 is 1.27 bits per heavy atom. The first-order valence-corrected chi connectivity index (χ1v) is 4.73. The van der Waals surface area contributed by atoms with E-state index in [0.717, 1.165) is 17.0 Å². The van der Waals surface area contributed by atoms with E-state index in [9.17, 15) is 0 Å². The Bertz CT molecular complexity index is 518. The molecule has 3 nitrogen and oxygen atoms in total. The third kappa shape index (κ3) is 1.50. The minimum absolute atomic E-state index is 0.656. The SMILES string of the molecule is Cc1c(C#N)c(-c2ccccc2)nn1C. The highest BCUT2D eigenvalue weighted by molar-refractivity contribution is 5.67. The van der Waals surface area contributed by atoms with Crippen molar-refractivity contribution in [1.82, 2.24) is 9.78 Å². The zero-order chi connectivity index (χ0) is 10.8. The Morgan fingerprint density at radius 3 is 2.53 bits per heavy atom. The molecule has 0 saturated carbocycles. The first kappa shape index (κ1) is 9.47. The number of hydrogen-bond donors (Lipinski definition) is 0. The van der Waals surface area contributed by atoms with Crippen molar-refractivity contribution < 1.29 is 0 Å². The van der Waals surface area contributed by atoms with Gasteiger partial charge in [0, 0.05) is 12.6 Å². The molecule has 0 bridgehead atoms. The summed E-state index contributed by atoms with van der Waals surface area (Å²) in [6.07, 6.45) is 0.